The predicted octanol–water partition coefficient (Wildman–Crippen LogP) is 2.03. The van der Waals surface area contributed by atoms with Crippen LogP contribution in [0.5, 0.6) is 0 Å². The summed E-state index contributed by atoms with van der Waals surface area (Å²) in [5.41, 5.74) is 7.83. The van der Waals surface area contributed by atoms with Crippen LogP contribution in [0, 0.1) is 0 Å². The van der Waals surface area contributed by atoms with E-state index in [4.69, 9.17) is 10.8 Å². The molecule has 1 unspecified atom stereocenters. The molecule has 0 radical (unpaired) electrons. The van der Waals surface area contributed by atoms with E-state index in [1.165, 1.54) is 0 Å². The number of rotatable bonds is 4. The molecule has 1 aromatic heterocycles. The van der Waals surface area contributed by atoms with E-state index in [-0.39, 0.29) is 12.5 Å². The maximum Gasteiger partial charge on any atom is 0.303 e. The van der Waals surface area contributed by atoms with Gasteiger partial charge >= 0.3 is 5.97 Å². The minimum absolute atomic E-state index is 0.0938. The van der Waals surface area contributed by atoms with Crippen molar-refractivity contribution in [2.24, 2.45) is 5.73 Å². The molecule has 84 valence electrons. The van der Waals surface area contributed by atoms with E-state index in [9.17, 15) is 4.79 Å². The van der Waals surface area contributed by atoms with Gasteiger partial charge in [-0.3, -0.25) is 4.79 Å². The number of carboxylic acid groups (broad SMARTS) is 1. The average molecular weight is 218 g/mol. The van der Waals surface area contributed by atoms with Gasteiger partial charge in [0.25, 0.3) is 0 Å². The summed E-state index contributed by atoms with van der Waals surface area (Å²) in [4.78, 5) is 13.6. The second-order valence-electron chi connectivity index (χ2n) is 3.85. The van der Waals surface area contributed by atoms with E-state index < -0.39 is 5.97 Å². The van der Waals surface area contributed by atoms with Crippen molar-refractivity contribution in [2.45, 2.75) is 18.9 Å². The molecule has 0 amide bonds. The normalized spacial score (nSPS) is 12.8. The van der Waals surface area contributed by atoms with Crippen molar-refractivity contribution in [1.29, 1.82) is 0 Å². The van der Waals surface area contributed by atoms with Gasteiger partial charge in [-0.1, -0.05) is 18.2 Å². The van der Waals surface area contributed by atoms with Gasteiger partial charge < -0.3 is 15.8 Å². The number of nitrogens with two attached hydrogens (primary N) is 1. The summed E-state index contributed by atoms with van der Waals surface area (Å²) in [6, 6.07) is 9.61. The quantitative estimate of drug-likeness (QED) is 0.734. The van der Waals surface area contributed by atoms with Crippen molar-refractivity contribution in [1.82, 2.24) is 4.98 Å². The number of para-hydroxylation sites is 1. The minimum atomic E-state index is -0.813. The molecule has 0 saturated heterocycles. The largest absolute Gasteiger partial charge is 0.481 e. The van der Waals surface area contributed by atoms with Crippen LogP contribution in [0.15, 0.2) is 30.3 Å². The van der Waals surface area contributed by atoms with Crippen molar-refractivity contribution in [3.63, 3.8) is 0 Å². The van der Waals surface area contributed by atoms with E-state index in [0.717, 1.165) is 16.6 Å². The molecule has 0 saturated carbocycles. The van der Waals surface area contributed by atoms with Gasteiger partial charge in [-0.2, -0.15) is 0 Å². The van der Waals surface area contributed by atoms with Crippen LogP contribution in [-0.2, 0) is 4.79 Å². The molecule has 2 rings (SSSR count). The van der Waals surface area contributed by atoms with Gasteiger partial charge in [0.1, 0.15) is 0 Å². The Labute approximate surface area is 93.1 Å². The van der Waals surface area contributed by atoms with Crippen molar-refractivity contribution in [3.8, 4) is 0 Å². The number of aromatic amines is 1. The third-order valence-corrected chi connectivity index (χ3v) is 2.62. The fourth-order valence-electron chi connectivity index (χ4n) is 1.73. The van der Waals surface area contributed by atoms with Crippen LogP contribution >= 0.6 is 0 Å². The zero-order valence-corrected chi connectivity index (χ0v) is 8.81. The number of H-pyrrole nitrogens is 1. The lowest BCUT2D eigenvalue weighted by atomic mass is 10.1. The first-order chi connectivity index (χ1) is 7.66. The summed E-state index contributed by atoms with van der Waals surface area (Å²) < 4.78 is 0. The van der Waals surface area contributed by atoms with Crippen LogP contribution in [0.2, 0.25) is 0 Å². The van der Waals surface area contributed by atoms with Crippen LogP contribution < -0.4 is 5.73 Å². The first kappa shape index (κ1) is 10.7. The highest BCUT2D eigenvalue weighted by atomic mass is 16.4. The molecule has 1 heterocycles. The maximum atomic E-state index is 10.4. The highest BCUT2D eigenvalue weighted by Gasteiger charge is 2.10. The first-order valence-electron chi connectivity index (χ1n) is 5.22. The Hall–Kier alpha value is -1.81. The number of fused-ring (bicyclic) bond motifs is 1. The average Bonchev–Trinajstić information content (AvgIpc) is 2.69. The number of aromatic nitrogens is 1. The molecule has 0 bridgehead atoms. The van der Waals surface area contributed by atoms with E-state index in [1.807, 2.05) is 30.3 Å². The number of carbonyl (C=O) groups is 1. The van der Waals surface area contributed by atoms with Gasteiger partial charge in [0.2, 0.25) is 0 Å². The summed E-state index contributed by atoms with van der Waals surface area (Å²) in [6.07, 6.45) is 0.540. The standard InChI is InChI=1S/C12H14N2O2/c13-9(5-6-12(15)16)11-7-8-3-1-2-4-10(8)14-11/h1-4,7,9,14H,5-6,13H2,(H,15,16). The zero-order valence-electron chi connectivity index (χ0n) is 8.81. The van der Waals surface area contributed by atoms with Gasteiger partial charge in [-0.25, -0.2) is 0 Å². The second kappa shape index (κ2) is 4.37. The molecule has 0 aliphatic carbocycles. The molecule has 4 N–H and O–H groups in total. The highest BCUT2D eigenvalue weighted by Crippen LogP contribution is 2.21. The van der Waals surface area contributed by atoms with Crippen molar-refractivity contribution in [3.05, 3.63) is 36.0 Å². The lowest BCUT2D eigenvalue weighted by Crippen LogP contribution is -2.12. The van der Waals surface area contributed by atoms with Crippen LogP contribution in [-0.4, -0.2) is 16.1 Å². The van der Waals surface area contributed by atoms with Crippen LogP contribution in [0.4, 0.5) is 0 Å². The van der Waals surface area contributed by atoms with Gasteiger partial charge in [-0.15, -0.1) is 0 Å². The predicted molar refractivity (Wildman–Crippen MR) is 62.1 cm³/mol. The lowest BCUT2D eigenvalue weighted by Gasteiger charge is -2.07. The van der Waals surface area contributed by atoms with Gasteiger partial charge in [-0.05, 0) is 23.9 Å². The third kappa shape index (κ3) is 2.23. The molecule has 1 aromatic carbocycles. The number of hydrogen-bond donors (Lipinski definition) is 3. The number of aliphatic carboxylic acids is 1. The Morgan fingerprint density at radius 3 is 2.88 bits per heavy atom. The maximum absolute atomic E-state index is 10.4. The van der Waals surface area contributed by atoms with Crippen molar-refractivity contribution < 1.29 is 9.90 Å². The molecular formula is C12H14N2O2. The van der Waals surface area contributed by atoms with E-state index >= 15 is 0 Å². The van der Waals surface area contributed by atoms with Gasteiger partial charge in [0, 0.05) is 23.7 Å². The number of benzene rings is 1. The third-order valence-electron chi connectivity index (χ3n) is 2.62. The van der Waals surface area contributed by atoms with E-state index in [0.29, 0.717) is 6.42 Å². The lowest BCUT2D eigenvalue weighted by molar-refractivity contribution is -0.137. The molecular weight excluding hydrogens is 204 g/mol. The molecule has 16 heavy (non-hydrogen) atoms. The number of nitrogens with one attached hydrogen (secondary N) is 1. The van der Waals surface area contributed by atoms with Crippen molar-refractivity contribution >= 4 is 16.9 Å². The Balaban J connectivity index is 2.16. The summed E-state index contributed by atoms with van der Waals surface area (Å²) >= 11 is 0. The van der Waals surface area contributed by atoms with Crippen LogP contribution in [0.25, 0.3) is 10.9 Å². The Morgan fingerprint density at radius 1 is 1.44 bits per heavy atom. The molecule has 0 fully saturated rings. The molecule has 0 aliphatic heterocycles. The molecule has 0 aliphatic rings. The molecule has 4 nitrogen and oxygen atoms in total. The molecule has 1 atom stereocenters. The fourth-order valence-corrected chi connectivity index (χ4v) is 1.73. The number of carboxylic acids is 1. The Bertz CT molecular complexity index is 471. The SMILES string of the molecule is NC(CCC(=O)O)c1cc2ccccc2[nH]1. The smallest absolute Gasteiger partial charge is 0.303 e. The van der Waals surface area contributed by atoms with E-state index in [1.54, 1.807) is 0 Å². The zero-order chi connectivity index (χ0) is 11.5. The Morgan fingerprint density at radius 2 is 2.19 bits per heavy atom. The highest BCUT2D eigenvalue weighted by molar-refractivity contribution is 5.80. The monoisotopic (exact) mass is 218 g/mol. The fraction of sp³-hybridized carbons (Fsp3) is 0.250. The molecule has 0 spiro atoms. The summed E-state index contributed by atoms with van der Waals surface area (Å²) in [6.45, 7) is 0. The van der Waals surface area contributed by atoms with Gasteiger partial charge in [0.05, 0.1) is 0 Å². The number of hydrogen-bond acceptors (Lipinski definition) is 2. The van der Waals surface area contributed by atoms with Crippen LogP contribution in [0.1, 0.15) is 24.6 Å². The van der Waals surface area contributed by atoms with Gasteiger partial charge in [0.15, 0.2) is 0 Å². The minimum Gasteiger partial charge on any atom is -0.481 e. The second-order valence-corrected chi connectivity index (χ2v) is 3.85. The first-order valence-corrected chi connectivity index (χ1v) is 5.22. The summed E-state index contributed by atoms with van der Waals surface area (Å²) in [5, 5.41) is 9.68. The van der Waals surface area contributed by atoms with Crippen LogP contribution in [0.3, 0.4) is 0 Å². The Kier molecular flexibility index (Phi) is 2.92. The summed E-state index contributed by atoms with van der Waals surface area (Å²) in [7, 11) is 0. The topological polar surface area (TPSA) is 79.1 Å². The molecule has 2 aromatic rings. The molecule has 4 heteroatoms. The van der Waals surface area contributed by atoms with Crippen molar-refractivity contribution in [2.75, 3.05) is 0 Å². The van der Waals surface area contributed by atoms with E-state index in [2.05, 4.69) is 4.98 Å². The summed E-state index contributed by atoms with van der Waals surface area (Å²) in [5.74, 6) is -0.813.